The van der Waals surface area contributed by atoms with Crippen LogP contribution in [0.4, 0.5) is 0 Å². The van der Waals surface area contributed by atoms with Crippen molar-refractivity contribution in [2.24, 2.45) is 35.0 Å². The smallest absolute Gasteiger partial charge is 0.220 e. The molecular weight excluding hydrogens is 691 g/mol. The van der Waals surface area contributed by atoms with E-state index in [-0.39, 0.29) is 0 Å². The van der Waals surface area contributed by atoms with Gasteiger partial charge in [0.2, 0.25) is 5.91 Å². The number of nitrogens with one attached hydrogen (secondary N) is 1. The van der Waals surface area contributed by atoms with Crippen molar-refractivity contribution in [1.82, 2.24) is 10.2 Å². The molecule has 2 aliphatic heterocycles. The maximum absolute atomic E-state index is 13.0. The standard InChI is InChI=1S/C53H101BN2O/c1-6-8-10-12-14-16-18-20-23-29-43-56(44-30-24-21-19-17-15-13-11-9-7-2)45-31-25-22-28-42-55-51(57)35-32-46(3)48-33-34-49-47-37-41-54-40-27-26-38-53(54,5)50(47)36-39-52(48,49)4/h46-50H,6-45H2,1-5H3,(H,55,57)/t46-,47?,48?,49?,50?,52?,53?/m1/s1. The summed E-state index contributed by atoms with van der Waals surface area (Å²) in [4.78, 5) is 15.8. The minimum atomic E-state index is 0.313. The van der Waals surface area contributed by atoms with Gasteiger partial charge < -0.3 is 10.2 Å². The Kier molecular flexibility index (Phi) is 24.3. The second-order valence-electron chi connectivity index (χ2n) is 21.6. The van der Waals surface area contributed by atoms with Crippen LogP contribution < -0.4 is 5.32 Å². The van der Waals surface area contributed by atoms with Crippen molar-refractivity contribution in [3.63, 3.8) is 0 Å². The summed E-state index contributed by atoms with van der Waals surface area (Å²) in [5, 5.41) is 3.98. The first-order valence-electron chi connectivity index (χ1n) is 26.8. The van der Waals surface area contributed by atoms with Crippen LogP contribution in [0.1, 0.15) is 253 Å². The van der Waals surface area contributed by atoms with Gasteiger partial charge in [0, 0.05) is 13.0 Å². The molecule has 57 heavy (non-hydrogen) atoms. The molecule has 1 amide bonds. The topological polar surface area (TPSA) is 32.3 Å². The summed E-state index contributed by atoms with van der Waals surface area (Å²) in [7, 11) is 0. The van der Waals surface area contributed by atoms with E-state index in [1.54, 1.807) is 0 Å². The molecule has 2 saturated heterocycles. The summed E-state index contributed by atoms with van der Waals surface area (Å²) in [6.07, 6.45) is 50.2. The highest BCUT2D eigenvalue weighted by atomic mass is 16.1. The normalized spacial score (nSPS) is 27.6. The average molecular weight is 793 g/mol. The molecule has 4 fully saturated rings. The first-order chi connectivity index (χ1) is 27.8. The molecule has 4 heteroatoms. The van der Waals surface area contributed by atoms with Crippen molar-refractivity contribution in [1.29, 1.82) is 0 Å². The second-order valence-corrected chi connectivity index (χ2v) is 21.6. The molecule has 2 saturated carbocycles. The van der Waals surface area contributed by atoms with Crippen molar-refractivity contribution in [2.45, 2.75) is 271 Å². The fourth-order valence-electron chi connectivity index (χ4n) is 13.9. The number of unbranched alkanes of at least 4 members (excludes halogenated alkanes) is 21. The van der Waals surface area contributed by atoms with E-state index in [0.717, 1.165) is 56.2 Å². The number of fused-ring (bicyclic) bond motifs is 5. The molecule has 4 aliphatic rings. The Morgan fingerprint density at radius 2 is 1.14 bits per heavy atom. The monoisotopic (exact) mass is 793 g/mol. The Balaban J connectivity index is 1.05. The number of hydrogen-bond acceptors (Lipinski definition) is 2. The average Bonchev–Trinajstić information content (AvgIpc) is 3.57. The number of hydrogen-bond donors (Lipinski definition) is 1. The van der Waals surface area contributed by atoms with Crippen LogP contribution in [-0.4, -0.2) is 43.7 Å². The zero-order valence-electron chi connectivity index (χ0n) is 39.6. The lowest BCUT2D eigenvalue weighted by molar-refractivity contribution is -0.121. The SMILES string of the molecule is CCCCCCCCCCCCN(CCCCCCCCCCCC)CCCCCCNC(=O)CC[C@@H](C)C1CCC2C3CCB4CCCCC4(C)C3CCC21C. The molecule has 4 rings (SSSR count). The van der Waals surface area contributed by atoms with Crippen LogP contribution in [0.2, 0.25) is 18.0 Å². The Labute approximate surface area is 358 Å². The van der Waals surface area contributed by atoms with Gasteiger partial charge in [0.1, 0.15) is 6.71 Å². The third-order valence-corrected chi connectivity index (χ3v) is 17.5. The van der Waals surface area contributed by atoms with Gasteiger partial charge in [-0.2, -0.15) is 0 Å². The van der Waals surface area contributed by atoms with E-state index in [1.165, 1.54) is 231 Å². The van der Waals surface area contributed by atoms with E-state index in [1.807, 2.05) is 0 Å². The van der Waals surface area contributed by atoms with E-state index in [2.05, 4.69) is 44.8 Å². The lowest BCUT2D eigenvalue weighted by Crippen LogP contribution is -2.53. The van der Waals surface area contributed by atoms with Crippen molar-refractivity contribution in [2.75, 3.05) is 26.2 Å². The lowest BCUT2D eigenvalue weighted by Gasteiger charge is -2.60. The molecule has 0 spiro atoms. The lowest BCUT2D eigenvalue weighted by atomic mass is 9.20. The zero-order chi connectivity index (χ0) is 40.6. The fraction of sp³-hybridized carbons (Fsp3) is 0.981. The molecule has 1 N–H and O–H groups in total. The summed E-state index contributed by atoms with van der Waals surface area (Å²) >= 11 is 0. The molecule has 0 aromatic rings. The summed E-state index contributed by atoms with van der Waals surface area (Å²) in [6, 6.07) is 0. The van der Waals surface area contributed by atoms with Crippen LogP contribution >= 0.6 is 0 Å². The predicted octanol–water partition coefficient (Wildman–Crippen LogP) is 16.1. The number of amides is 1. The summed E-state index contributed by atoms with van der Waals surface area (Å²) in [5.74, 6) is 4.74. The Morgan fingerprint density at radius 3 is 1.70 bits per heavy atom. The first kappa shape index (κ1) is 49.2. The summed E-state index contributed by atoms with van der Waals surface area (Å²) in [5.41, 5.74) is 0.519. The summed E-state index contributed by atoms with van der Waals surface area (Å²) < 4.78 is 0. The molecule has 0 aromatic heterocycles. The molecule has 6 unspecified atom stereocenters. The number of nitrogens with zero attached hydrogens (tertiary/aromatic N) is 1. The van der Waals surface area contributed by atoms with E-state index >= 15 is 0 Å². The first-order valence-corrected chi connectivity index (χ1v) is 26.8. The Bertz CT molecular complexity index is 1010. The summed E-state index contributed by atoms with van der Waals surface area (Å²) in [6.45, 7) is 18.4. The quantitative estimate of drug-likeness (QED) is 0.0530. The van der Waals surface area contributed by atoms with Crippen LogP contribution in [0.5, 0.6) is 0 Å². The highest BCUT2D eigenvalue weighted by Crippen LogP contribution is 2.69. The van der Waals surface area contributed by atoms with Crippen LogP contribution in [0.25, 0.3) is 0 Å². The van der Waals surface area contributed by atoms with Crippen LogP contribution in [0, 0.1) is 35.0 Å². The van der Waals surface area contributed by atoms with E-state index < -0.39 is 0 Å². The van der Waals surface area contributed by atoms with E-state index in [0.29, 0.717) is 22.6 Å². The largest absolute Gasteiger partial charge is 0.356 e. The van der Waals surface area contributed by atoms with Gasteiger partial charge >= 0.3 is 0 Å². The van der Waals surface area contributed by atoms with Crippen molar-refractivity contribution < 1.29 is 4.79 Å². The minimum absolute atomic E-state index is 0.313. The van der Waals surface area contributed by atoms with Crippen molar-refractivity contribution in [3.8, 4) is 0 Å². The maximum atomic E-state index is 13.0. The number of rotatable bonds is 33. The predicted molar refractivity (Wildman–Crippen MR) is 253 cm³/mol. The second kappa shape index (κ2) is 28.2. The fourth-order valence-corrected chi connectivity index (χ4v) is 13.9. The number of carbonyl (C=O) groups excluding carboxylic acids is 1. The van der Waals surface area contributed by atoms with E-state index in [9.17, 15) is 4.79 Å². The molecule has 332 valence electrons. The maximum Gasteiger partial charge on any atom is 0.220 e. The number of carbonyl (C=O) groups is 1. The van der Waals surface area contributed by atoms with Crippen LogP contribution in [-0.2, 0) is 4.79 Å². The van der Waals surface area contributed by atoms with Gasteiger partial charge in [0.05, 0.1) is 0 Å². The molecule has 0 radical (unpaired) electrons. The Hall–Kier alpha value is -0.505. The molecule has 0 bridgehead atoms. The van der Waals surface area contributed by atoms with Gasteiger partial charge in [0.25, 0.3) is 0 Å². The van der Waals surface area contributed by atoms with E-state index in [4.69, 9.17) is 0 Å². The van der Waals surface area contributed by atoms with Gasteiger partial charge in [-0.3, -0.25) is 4.79 Å². The van der Waals surface area contributed by atoms with Crippen LogP contribution in [0.3, 0.4) is 0 Å². The van der Waals surface area contributed by atoms with Gasteiger partial charge in [0.15, 0.2) is 0 Å². The van der Waals surface area contributed by atoms with Crippen molar-refractivity contribution in [3.05, 3.63) is 0 Å². The molecule has 7 atom stereocenters. The Morgan fingerprint density at radius 1 is 0.614 bits per heavy atom. The van der Waals surface area contributed by atoms with Gasteiger partial charge in [-0.15, -0.1) is 0 Å². The molecule has 2 heterocycles. The van der Waals surface area contributed by atoms with Crippen LogP contribution in [0.15, 0.2) is 0 Å². The minimum Gasteiger partial charge on any atom is -0.356 e. The molecule has 3 nitrogen and oxygen atoms in total. The highest BCUT2D eigenvalue weighted by molar-refractivity contribution is 6.62. The zero-order valence-corrected chi connectivity index (χ0v) is 39.6. The molecule has 0 aromatic carbocycles. The highest BCUT2D eigenvalue weighted by Gasteiger charge is 2.60. The van der Waals surface area contributed by atoms with Gasteiger partial charge in [-0.05, 0) is 112 Å². The van der Waals surface area contributed by atoms with Gasteiger partial charge in [-0.25, -0.2) is 0 Å². The van der Waals surface area contributed by atoms with Gasteiger partial charge in [-0.1, -0.05) is 207 Å². The van der Waals surface area contributed by atoms with Crippen molar-refractivity contribution >= 4 is 12.6 Å². The molecular formula is C53H101BN2O. The third kappa shape index (κ3) is 16.4. The molecule has 2 aliphatic carbocycles. The third-order valence-electron chi connectivity index (χ3n) is 17.5.